The Labute approximate surface area is 169 Å². The highest BCUT2D eigenvalue weighted by Crippen LogP contribution is 2.51. The van der Waals surface area contributed by atoms with Gasteiger partial charge in [0, 0.05) is 34.0 Å². The molecule has 0 radical (unpaired) electrons. The molecule has 2 bridgehead atoms. The minimum Gasteiger partial charge on any atom is -0.459 e. The molecule has 3 fully saturated rings. The monoisotopic (exact) mass is 411 g/mol. The number of ether oxygens (including phenoxy) is 2. The van der Waals surface area contributed by atoms with Gasteiger partial charge in [0.1, 0.15) is 18.8 Å². The molecule has 162 valence electrons. The Bertz CT molecular complexity index is 699. The fraction of sp³-hybridized carbons (Fsp3) is 0.722. The van der Waals surface area contributed by atoms with Gasteiger partial charge in [-0.3, -0.25) is 24.1 Å². The van der Waals surface area contributed by atoms with Crippen molar-refractivity contribution < 1.29 is 28.7 Å². The van der Waals surface area contributed by atoms with Crippen molar-refractivity contribution in [3.05, 3.63) is 0 Å². The standard InChI is InChI=1S/C14H18N2O6.C3H6N2.CH5N/c1-5-10-8-9(12(22-10)11(5)21-6(2)17)14(20)16(13(8)19)4-7(18)15-3;1-4-3-5-2;1-2/h5,8-12H,4H2,1-3H3,(H,15,18);1-2H3;2H2,1H3/t5-,8?,9?,10-,11?,12?;;/m1../s1. The maximum absolute atomic E-state index is 12.5. The fourth-order valence-corrected chi connectivity index (χ4v) is 3.88. The number of likely N-dealkylation sites (tertiary alicyclic amines) is 1. The Kier molecular flexibility index (Phi) is 9.09. The predicted molar refractivity (Wildman–Crippen MR) is 103 cm³/mol. The molecule has 6 atom stereocenters. The lowest BCUT2D eigenvalue weighted by Crippen LogP contribution is -2.45. The Balaban J connectivity index is 0.000000527. The number of amides is 3. The molecule has 0 aliphatic carbocycles. The first-order valence-electron chi connectivity index (χ1n) is 9.17. The molecule has 0 saturated carbocycles. The molecular weight excluding hydrogens is 382 g/mol. The second-order valence-corrected chi connectivity index (χ2v) is 6.53. The number of carbonyl (C=O) groups excluding carboxylic acids is 4. The lowest BCUT2D eigenvalue weighted by molar-refractivity contribution is -0.154. The number of fused-ring (bicyclic) bond motifs is 5. The highest BCUT2D eigenvalue weighted by atomic mass is 16.6. The van der Waals surface area contributed by atoms with Crippen molar-refractivity contribution in [2.24, 2.45) is 33.5 Å². The summed E-state index contributed by atoms with van der Waals surface area (Å²) >= 11 is 0. The number of aliphatic imine (C=N–C) groups is 2. The average Bonchev–Trinajstić information content (AvgIpc) is 3.31. The van der Waals surface area contributed by atoms with Gasteiger partial charge in [-0.25, -0.2) is 9.98 Å². The van der Waals surface area contributed by atoms with Crippen LogP contribution in [0.1, 0.15) is 13.8 Å². The molecule has 4 unspecified atom stereocenters. The van der Waals surface area contributed by atoms with E-state index in [1.165, 1.54) is 21.0 Å². The van der Waals surface area contributed by atoms with Crippen molar-refractivity contribution >= 4 is 29.7 Å². The van der Waals surface area contributed by atoms with Crippen LogP contribution in [-0.4, -0.2) is 87.6 Å². The third-order valence-corrected chi connectivity index (χ3v) is 4.95. The smallest absolute Gasteiger partial charge is 0.303 e. The summed E-state index contributed by atoms with van der Waals surface area (Å²) in [6.45, 7) is 2.86. The summed E-state index contributed by atoms with van der Waals surface area (Å²) in [6.07, 6.45) is -1.59. The molecule has 3 aliphatic heterocycles. The lowest BCUT2D eigenvalue weighted by atomic mass is 9.74. The van der Waals surface area contributed by atoms with Crippen LogP contribution in [0.3, 0.4) is 0 Å². The minimum atomic E-state index is -0.664. The Morgan fingerprint density at radius 1 is 1.17 bits per heavy atom. The maximum Gasteiger partial charge on any atom is 0.303 e. The van der Waals surface area contributed by atoms with Gasteiger partial charge in [-0.15, -0.1) is 0 Å². The molecule has 3 aliphatic rings. The first-order chi connectivity index (χ1) is 13.8. The van der Waals surface area contributed by atoms with E-state index in [1.807, 2.05) is 6.92 Å². The van der Waals surface area contributed by atoms with Gasteiger partial charge in [0.25, 0.3) is 0 Å². The third kappa shape index (κ3) is 4.87. The van der Waals surface area contributed by atoms with E-state index in [2.05, 4.69) is 27.0 Å². The van der Waals surface area contributed by atoms with Crippen LogP contribution >= 0.6 is 0 Å². The van der Waals surface area contributed by atoms with Gasteiger partial charge in [-0.2, -0.15) is 0 Å². The predicted octanol–water partition coefficient (Wildman–Crippen LogP) is -1.32. The van der Waals surface area contributed by atoms with Crippen molar-refractivity contribution in [1.82, 2.24) is 10.2 Å². The highest BCUT2D eigenvalue weighted by molar-refractivity contribution is 6.08. The van der Waals surface area contributed by atoms with Gasteiger partial charge < -0.3 is 20.5 Å². The quantitative estimate of drug-likeness (QED) is 0.332. The van der Waals surface area contributed by atoms with Crippen LogP contribution in [-0.2, 0) is 28.7 Å². The number of likely N-dealkylation sites (N-methyl/N-ethyl adjacent to an activating group) is 1. The summed E-state index contributed by atoms with van der Waals surface area (Å²) in [6, 6.07) is 2.36. The van der Waals surface area contributed by atoms with Crippen molar-refractivity contribution in [2.75, 3.05) is 34.7 Å². The third-order valence-electron chi connectivity index (χ3n) is 4.95. The number of nitrogens with one attached hydrogen (secondary N) is 1. The van der Waals surface area contributed by atoms with Crippen LogP contribution in [0.15, 0.2) is 9.98 Å². The van der Waals surface area contributed by atoms with Gasteiger partial charge in [-0.1, -0.05) is 6.92 Å². The van der Waals surface area contributed by atoms with Crippen molar-refractivity contribution in [2.45, 2.75) is 32.2 Å². The van der Waals surface area contributed by atoms with Crippen LogP contribution < -0.4 is 11.1 Å². The molecule has 0 aromatic carbocycles. The highest BCUT2D eigenvalue weighted by Gasteiger charge is 2.68. The van der Waals surface area contributed by atoms with Crippen molar-refractivity contribution in [3.63, 3.8) is 0 Å². The summed E-state index contributed by atoms with van der Waals surface area (Å²) in [5.41, 5.74) is 4.50. The zero-order chi connectivity index (χ0) is 22.3. The van der Waals surface area contributed by atoms with E-state index in [4.69, 9.17) is 9.47 Å². The van der Waals surface area contributed by atoms with E-state index in [0.717, 1.165) is 4.90 Å². The molecule has 3 rings (SSSR count). The Hall–Kier alpha value is -2.62. The van der Waals surface area contributed by atoms with E-state index in [-0.39, 0.29) is 18.4 Å². The molecule has 3 N–H and O–H groups in total. The zero-order valence-corrected chi connectivity index (χ0v) is 17.5. The van der Waals surface area contributed by atoms with Crippen LogP contribution in [0, 0.1) is 17.8 Å². The van der Waals surface area contributed by atoms with Gasteiger partial charge in [0.05, 0.1) is 23.9 Å². The summed E-state index contributed by atoms with van der Waals surface area (Å²) < 4.78 is 11.0. The topological polar surface area (TPSA) is 153 Å². The summed E-state index contributed by atoms with van der Waals surface area (Å²) in [4.78, 5) is 55.5. The van der Waals surface area contributed by atoms with Gasteiger partial charge >= 0.3 is 5.97 Å². The summed E-state index contributed by atoms with van der Waals surface area (Å²) in [7, 11) is 6.21. The largest absolute Gasteiger partial charge is 0.459 e. The van der Waals surface area contributed by atoms with E-state index >= 15 is 0 Å². The fourth-order valence-electron chi connectivity index (χ4n) is 3.88. The molecule has 11 heteroatoms. The number of nitrogens with zero attached hydrogens (tertiary/aromatic N) is 3. The Morgan fingerprint density at radius 3 is 2.10 bits per heavy atom. The van der Waals surface area contributed by atoms with E-state index < -0.39 is 47.9 Å². The van der Waals surface area contributed by atoms with E-state index in [0.29, 0.717) is 0 Å². The number of nitrogens with two attached hydrogens (primary N) is 1. The number of hydrogen-bond donors (Lipinski definition) is 2. The van der Waals surface area contributed by atoms with Crippen molar-refractivity contribution in [3.8, 4) is 0 Å². The first-order valence-corrected chi connectivity index (χ1v) is 9.17. The van der Waals surface area contributed by atoms with Crippen LogP contribution in [0.25, 0.3) is 0 Å². The SMILES string of the molecule is CN.CN=C=NC.CNC(=O)CN1C(=O)C2C3O[C@@H](C2C1=O)[C@@H](C)C3OC(C)=O. The van der Waals surface area contributed by atoms with Gasteiger partial charge in [0.15, 0.2) is 0 Å². The van der Waals surface area contributed by atoms with Gasteiger partial charge in [0.2, 0.25) is 17.7 Å². The normalized spacial score (nSPS) is 30.8. The number of esters is 1. The molecule has 3 heterocycles. The molecule has 3 saturated heterocycles. The number of hydrogen-bond acceptors (Lipinski definition) is 9. The van der Waals surface area contributed by atoms with E-state index in [1.54, 1.807) is 14.1 Å². The average molecular weight is 411 g/mol. The molecule has 29 heavy (non-hydrogen) atoms. The number of carbonyl (C=O) groups is 4. The van der Waals surface area contributed by atoms with Crippen LogP contribution in [0.5, 0.6) is 0 Å². The number of imide groups is 1. The second-order valence-electron chi connectivity index (χ2n) is 6.53. The van der Waals surface area contributed by atoms with Gasteiger partial charge in [-0.05, 0) is 7.05 Å². The van der Waals surface area contributed by atoms with Crippen LogP contribution in [0.4, 0.5) is 0 Å². The zero-order valence-electron chi connectivity index (χ0n) is 17.5. The molecule has 0 aromatic heterocycles. The first kappa shape index (κ1) is 24.4. The molecular formula is C18H29N5O6. The van der Waals surface area contributed by atoms with Crippen molar-refractivity contribution in [1.29, 1.82) is 0 Å². The number of rotatable bonds is 3. The summed E-state index contributed by atoms with van der Waals surface area (Å²) in [5, 5.41) is 2.39. The molecule has 0 aromatic rings. The van der Waals surface area contributed by atoms with Crippen LogP contribution in [0.2, 0.25) is 0 Å². The molecule has 3 amide bonds. The molecule has 0 spiro atoms. The summed E-state index contributed by atoms with van der Waals surface area (Å²) in [5.74, 6) is -3.05. The maximum atomic E-state index is 12.5. The second kappa shape index (κ2) is 10.8. The van der Waals surface area contributed by atoms with E-state index in [9.17, 15) is 19.2 Å². The minimum absolute atomic E-state index is 0.160. The Morgan fingerprint density at radius 2 is 1.69 bits per heavy atom. The molecule has 11 nitrogen and oxygen atoms in total. The lowest BCUT2D eigenvalue weighted by Gasteiger charge is -2.29.